The van der Waals surface area contributed by atoms with Gasteiger partial charge in [-0.1, -0.05) is 11.6 Å². The number of hydrogen-bond donors (Lipinski definition) is 0. The molecular formula is C6H5ClFNO. The molecule has 0 saturated heterocycles. The Labute approximate surface area is 62.7 Å². The molecule has 0 aliphatic rings. The maximum absolute atomic E-state index is 12.0. The summed E-state index contributed by atoms with van der Waals surface area (Å²) >= 11 is 5.33. The van der Waals surface area contributed by atoms with Gasteiger partial charge < -0.3 is 4.79 Å². The zero-order chi connectivity index (χ0) is 7.98. The van der Waals surface area contributed by atoms with Crippen LogP contribution >= 0.6 is 11.6 Å². The van der Waals surface area contributed by atoms with E-state index in [1.165, 1.54) is 12.1 Å². The van der Waals surface area contributed by atoms with E-state index in [2.05, 4.69) is 4.98 Å². The number of pyridine rings is 1. The van der Waals surface area contributed by atoms with Crippen molar-refractivity contribution < 1.29 is 9.18 Å². The van der Waals surface area contributed by atoms with E-state index in [0.717, 1.165) is 6.20 Å². The molecule has 0 aromatic carbocycles. The first-order valence-corrected chi connectivity index (χ1v) is 2.73. The maximum Gasteiger partial charge on any atom is 0.141 e. The molecule has 1 aromatic rings. The van der Waals surface area contributed by atoms with Crippen LogP contribution in [0, 0.1) is 5.82 Å². The summed E-state index contributed by atoms with van der Waals surface area (Å²) in [5, 5.41) is 0.311. The minimum Gasteiger partial charge on any atom is -0.307 e. The standard InChI is InChI=1S/C5H3ClFN.CH2O/c6-5-2-1-4(7)3-8-5;1-2/h1-3H;1H2. The van der Waals surface area contributed by atoms with Gasteiger partial charge in [-0.15, -0.1) is 0 Å². The van der Waals surface area contributed by atoms with E-state index < -0.39 is 0 Å². The molecule has 10 heavy (non-hydrogen) atoms. The first-order chi connectivity index (χ1) is 4.79. The summed E-state index contributed by atoms with van der Waals surface area (Å²) in [6.07, 6.45) is 1.07. The van der Waals surface area contributed by atoms with E-state index in [9.17, 15) is 4.39 Å². The molecule has 1 aromatic heterocycles. The van der Waals surface area contributed by atoms with Gasteiger partial charge in [0.1, 0.15) is 17.8 Å². The molecule has 4 heteroatoms. The molecule has 0 fully saturated rings. The highest BCUT2D eigenvalue weighted by molar-refractivity contribution is 6.29. The molecule has 0 amide bonds. The summed E-state index contributed by atoms with van der Waals surface area (Å²) in [7, 11) is 0. The SMILES string of the molecule is C=O.Fc1ccc(Cl)nc1. The van der Waals surface area contributed by atoms with E-state index in [-0.39, 0.29) is 5.82 Å². The largest absolute Gasteiger partial charge is 0.307 e. The molecule has 0 N–H and O–H groups in total. The predicted octanol–water partition coefficient (Wildman–Crippen LogP) is 1.69. The average Bonchev–Trinajstić information content (AvgIpc) is 2.00. The highest BCUT2D eigenvalue weighted by Gasteiger charge is 1.86. The molecule has 0 aliphatic carbocycles. The van der Waals surface area contributed by atoms with Crippen molar-refractivity contribution in [2.75, 3.05) is 0 Å². The summed E-state index contributed by atoms with van der Waals surface area (Å²) < 4.78 is 12.0. The Hall–Kier alpha value is -0.960. The van der Waals surface area contributed by atoms with Crippen molar-refractivity contribution in [1.82, 2.24) is 4.98 Å². The van der Waals surface area contributed by atoms with Gasteiger partial charge in [0.25, 0.3) is 0 Å². The molecular weight excluding hydrogens is 157 g/mol. The lowest BCUT2D eigenvalue weighted by Gasteiger charge is -1.84. The highest BCUT2D eigenvalue weighted by Crippen LogP contribution is 2.02. The lowest BCUT2D eigenvalue weighted by atomic mass is 10.5. The Kier molecular flexibility index (Phi) is 4.41. The number of carbonyl (C=O) groups excluding carboxylic acids is 1. The number of halogens is 2. The van der Waals surface area contributed by atoms with Crippen LogP contribution in [0.2, 0.25) is 5.15 Å². The molecule has 54 valence electrons. The fraction of sp³-hybridized carbons (Fsp3) is 0. The molecule has 0 saturated carbocycles. The van der Waals surface area contributed by atoms with Gasteiger partial charge in [-0.25, -0.2) is 9.37 Å². The van der Waals surface area contributed by atoms with Gasteiger partial charge >= 0.3 is 0 Å². The second kappa shape index (κ2) is 4.88. The van der Waals surface area contributed by atoms with Crippen molar-refractivity contribution in [1.29, 1.82) is 0 Å². The van der Waals surface area contributed by atoms with Gasteiger partial charge in [0.2, 0.25) is 0 Å². The van der Waals surface area contributed by atoms with Crippen LogP contribution in [-0.4, -0.2) is 11.8 Å². The minimum atomic E-state index is -0.366. The lowest BCUT2D eigenvalue weighted by molar-refractivity contribution is -0.0979. The normalized spacial score (nSPS) is 7.80. The summed E-state index contributed by atoms with van der Waals surface area (Å²) in [4.78, 5) is 11.5. The van der Waals surface area contributed by atoms with Crippen molar-refractivity contribution in [3.05, 3.63) is 29.3 Å². The van der Waals surface area contributed by atoms with Gasteiger partial charge in [-0.05, 0) is 12.1 Å². The molecule has 0 atom stereocenters. The topological polar surface area (TPSA) is 30.0 Å². The van der Waals surface area contributed by atoms with Gasteiger partial charge in [-0.2, -0.15) is 0 Å². The van der Waals surface area contributed by atoms with Crippen LogP contribution in [0.4, 0.5) is 4.39 Å². The zero-order valence-corrected chi connectivity index (χ0v) is 5.81. The summed E-state index contributed by atoms with van der Waals surface area (Å²) in [6.45, 7) is 2.00. The van der Waals surface area contributed by atoms with Crippen molar-refractivity contribution in [3.63, 3.8) is 0 Å². The molecule has 1 rings (SSSR count). The van der Waals surface area contributed by atoms with Crippen LogP contribution in [0.15, 0.2) is 18.3 Å². The van der Waals surface area contributed by atoms with Crippen LogP contribution in [0.1, 0.15) is 0 Å². The minimum absolute atomic E-state index is 0.311. The number of rotatable bonds is 0. The third kappa shape index (κ3) is 3.14. The smallest absolute Gasteiger partial charge is 0.141 e. The van der Waals surface area contributed by atoms with Crippen LogP contribution in [0.3, 0.4) is 0 Å². The first-order valence-electron chi connectivity index (χ1n) is 2.35. The molecule has 2 nitrogen and oxygen atoms in total. The van der Waals surface area contributed by atoms with E-state index >= 15 is 0 Å². The van der Waals surface area contributed by atoms with Crippen LogP contribution < -0.4 is 0 Å². The van der Waals surface area contributed by atoms with Crippen molar-refractivity contribution in [3.8, 4) is 0 Å². The average molecular weight is 162 g/mol. The van der Waals surface area contributed by atoms with Gasteiger partial charge in [0, 0.05) is 0 Å². The van der Waals surface area contributed by atoms with Crippen LogP contribution in [0.5, 0.6) is 0 Å². The van der Waals surface area contributed by atoms with E-state index in [4.69, 9.17) is 16.4 Å². The number of aromatic nitrogens is 1. The van der Waals surface area contributed by atoms with E-state index in [1.54, 1.807) is 0 Å². The van der Waals surface area contributed by atoms with Crippen molar-refractivity contribution in [2.24, 2.45) is 0 Å². The molecule has 0 radical (unpaired) electrons. The number of carbonyl (C=O) groups is 1. The fourth-order valence-corrected chi connectivity index (χ4v) is 0.470. The van der Waals surface area contributed by atoms with Crippen molar-refractivity contribution in [2.45, 2.75) is 0 Å². The van der Waals surface area contributed by atoms with Gasteiger partial charge in [0.05, 0.1) is 6.20 Å². The molecule has 0 aliphatic heterocycles. The maximum atomic E-state index is 12.0. The predicted molar refractivity (Wildman–Crippen MR) is 36.3 cm³/mol. The zero-order valence-electron chi connectivity index (χ0n) is 5.05. The van der Waals surface area contributed by atoms with Crippen molar-refractivity contribution >= 4 is 18.4 Å². The third-order valence-corrected chi connectivity index (χ3v) is 0.915. The molecule has 0 bridgehead atoms. The van der Waals surface area contributed by atoms with Gasteiger partial charge in [-0.3, -0.25) is 0 Å². The first kappa shape index (κ1) is 9.04. The van der Waals surface area contributed by atoms with Gasteiger partial charge in [0.15, 0.2) is 0 Å². The monoisotopic (exact) mass is 161 g/mol. The Balaban J connectivity index is 0.000000371. The Bertz CT molecular complexity index is 168. The van der Waals surface area contributed by atoms with Crippen LogP contribution in [-0.2, 0) is 4.79 Å². The second-order valence-electron chi connectivity index (χ2n) is 1.30. The quantitative estimate of drug-likeness (QED) is 0.542. The molecule has 1 heterocycles. The molecule has 0 spiro atoms. The summed E-state index contributed by atoms with van der Waals surface area (Å²) in [5.74, 6) is -0.366. The Morgan fingerprint density at radius 2 is 2.10 bits per heavy atom. The Morgan fingerprint density at radius 1 is 1.50 bits per heavy atom. The highest BCUT2D eigenvalue weighted by atomic mass is 35.5. The van der Waals surface area contributed by atoms with E-state index in [1.807, 2.05) is 6.79 Å². The lowest BCUT2D eigenvalue weighted by Crippen LogP contribution is -1.74. The second-order valence-corrected chi connectivity index (χ2v) is 1.69. The third-order valence-electron chi connectivity index (χ3n) is 0.691. The Morgan fingerprint density at radius 3 is 2.40 bits per heavy atom. The van der Waals surface area contributed by atoms with E-state index in [0.29, 0.717) is 5.15 Å². The molecule has 0 unspecified atom stereocenters. The summed E-state index contributed by atoms with van der Waals surface area (Å²) in [5.41, 5.74) is 0. The summed E-state index contributed by atoms with van der Waals surface area (Å²) in [6, 6.07) is 2.66. The fourth-order valence-electron chi connectivity index (χ4n) is 0.358. The number of hydrogen-bond acceptors (Lipinski definition) is 2. The van der Waals surface area contributed by atoms with Crippen LogP contribution in [0.25, 0.3) is 0 Å². The number of nitrogens with zero attached hydrogens (tertiary/aromatic N) is 1.